The number of hydrogen-bond donors (Lipinski definition) is 3. The molecule has 2 heterocycles. The summed E-state index contributed by atoms with van der Waals surface area (Å²) in [6, 6.07) is 0. The molecule has 1 amide bonds. The van der Waals surface area contributed by atoms with Crippen molar-refractivity contribution in [1.82, 2.24) is 14.9 Å². The molecular formula is C25H39N4O6PS. The van der Waals surface area contributed by atoms with E-state index in [-0.39, 0.29) is 46.3 Å². The summed E-state index contributed by atoms with van der Waals surface area (Å²) < 4.78 is 50.4. The van der Waals surface area contributed by atoms with Gasteiger partial charge in [-0.25, -0.2) is 8.42 Å². The van der Waals surface area contributed by atoms with E-state index in [1.54, 1.807) is 11.8 Å². The Labute approximate surface area is 219 Å². The van der Waals surface area contributed by atoms with Crippen LogP contribution in [0.15, 0.2) is 38.9 Å². The summed E-state index contributed by atoms with van der Waals surface area (Å²) >= 11 is 0. The average Bonchev–Trinajstić information content (AvgIpc) is 3.31. The maximum absolute atomic E-state index is 14.1. The zero-order valence-corrected chi connectivity index (χ0v) is 24.3. The molecule has 0 saturated heterocycles. The predicted molar refractivity (Wildman–Crippen MR) is 143 cm³/mol. The summed E-state index contributed by atoms with van der Waals surface area (Å²) in [5, 5.41) is 15.0. The van der Waals surface area contributed by atoms with Crippen LogP contribution in [0.5, 0.6) is 0 Å². The Morgan fingerprint density at radius 2 is 1.97 bits per heavy atom. The van der Waals surface area contributed by atoms with Crippen molar-refractivity contribution in [1.29, 1.82) is 0 Å². The van der Waals surface area contributed by atoms with E-state index < -0.39 is 23.1 Å². The molecule has 12 heteroatoms. The van der Waals surface area contributed by atoms with Crippen molar-refractivity contribution >= 4 is 29.3 Å². The molecule has 1 spiro atoms. The van der Waals surface area contributed by atoms with E-state index in [1.165, 1.54) is 6.08 Å². The van der Waals surface area contributed by atoms with Gasteiger partial charge in [0, 0.05) is 23.9 Å². The minimum absolute atomic E-state index is 0.00567. The number of amides is 1. The Morgan fingerprint density at radius 1 is 1.32 bits per heavy atom. The molecule has 1 fully saturated rings. The van der Waals surface area contributed by atoms with E-state index in [0.29, 0.717) is 37.2 Å². The number of amidine groups is 1. The lowest BCUT2D eigenvalue weighted by Crippen LogP contribution is -2.47. The second-order valence-corrected chi connectivity index (χ2v) is 15.4. The van der Waals surface area contributed by atoms with Gasteiger partial charge in [-0.2, -0.15) is 4.76 Å². The summed E-state index contributed by atoms with van der Waals surface area (Å²) in [6.45, 7) is 10.5. The number of aliphatic hydroxyl groups is 1. The maximum atomic E-state index is 14.1. The van der Waals surface area contributed by atoms with Gasteiger partial charge in [0.15, 0.2) is 5.84 Å². The maximum Gasteiger partial charge on any atom is 0.348 e. The minimum atomic E-state index is -3.86. The average molecular weight is 555 g/mol. The number of carbonyl (C=O) groups excluding carboxylic acids is 1. The molecule has 206 valence electrons. The fourth-order valence-electron chi connectivity index (χ4n) is 5.58. The van der Waals surface area contributed by atoms with Crippen molar-refractivity contribution in [2.24, 2.45) is 16.1 Å². The zero-order chi connectivity index (χ0) is 27.4. The number of nitrogens with one attached hydrogen (secondary N) is 2. The van der Waals surface area contributed by atoms with Crippen LogP contribution >= 0.6 is 7.52 Å². The lowest BCUT2D eigenvalue weighted by Gasteiger charge is -2.37. The Kier molecular flexibility index (Phi) is 7.23. The molecule has 0 aromatic carbocycles. The van der Waals surface area contributed by atoms with Crippen molar-refractivity contribution in [3.63, 3.8) is 0 Å². The molecule has 0 aromatic rings. The molecule has 10 nitrogen and oxygen atoms in total. The van der Waals surface area contributed by atoms with Crippen LogP contribution in [0.1, 0.15) is 73.1 Å². The SMILES string of the molecule is CCOP1(=O)N=C(C2=C(O)C3(CCCC3)N(CCC(C)(C)C)C2=O)NC2=C1C=C(NS(C)(=O)=O)C(C)C2. The summed E-state index contributed by atoms with van der Waals surface area (Å²) in [7, 11) is -7.40. The predicted octanol–water partition coefficient (Wildman–Crippen LogP) is 4.31. The van der Waals surface area contributed by atoms with E-state index in [2.05, 4.69) is 35.6 Å². The summed E-state index contributed by atoms with van der Waals surface area (Å²) in [6.07, 6.45) is 6.84. The van der Waals surface area contributed by atoms with E-state index in [0.717, 1.165) is 25.5 Å². The van der Waals surface area contributed by atoms with Crippen molar-refractivity contribution in [2.45, 2.75) is 78.7 Å². The highest BCUT2D eigenvalue weighted by Crippen LogP contribution is 2.62. The quantitative estimate of drug-likeness (QED) is 0.399. The van der Waals surface area contributed by atoms with Gasteiger partial charge < -0.3 is 19.8 Å². The fourth-order valence-corrected chi connectivity index (χ4v) is 8.13. The number of nitrogens with zero attached hydrogens (tertiary/aromatic N) is 2. The number of aliphatic hydroxyl groups excluding tert-OH is 1. The van der Waals surface area contributed by atoms with E-state index in [9.17, 15) is 22.9 Å². The first-order valence-electron chi connectivity index (χ1n) is 12.9. The molecule has 0 aromatic heterocycles. The third-order valence-corrected chi connectivity index (χ3v) is 10.1. The second-order valence-electron chi connectivity index (χ2n) is 11.7. The van der Waals surface area contributed by atoms with Crippen LogP contribution < -0.4 is 10.0 Å². The Morgan fingerprint density at radius 3 is 2.54 bits per heavy atom. The van der Waals surface area contributed by atoms with E-state index >= 15 is 0 Å². The number of rotatable bonds is 7. The molecule has 37 heavy (non-hydrogen) atoms. The lowest BCUT2D eigenvalue weighted by atomic mass is 9.89. The molecular weight excluding hydrogens is 515 g/mol. The van der Waals surface area contributed by atoms with Crippen LogP contribution in [-0.2, 0) is 23.9 Å². The first-order valence-corrected chi connectivity index (χ1v) is 16.4. The van der Waals surface area contributed by atoms with Crippen molar-refractivity contribution in [3.05, 3.63) is 34.1 Å². The highest BCUT2D eigenvalue weighted by molar-refractivity contribution is 7.88. The van der Waals surface area contributed by atoms with Crippen molar-refractivity contribution in [3.8, 4) is 0 Å². The highest BCUT2D eigenvalue weighted by Gasteiger charge is 2.55. The van der Waals surface area contributed by atoms with Gasteiger partial charge in [0.25, 0.3) is 5.91 Å². The molecule has 2 unspecified atom stereocenters. The first-order chi connectivity index (χ1) is 17.1. The smallest absolute Gasteiger partial charge is 0.348 e. The lowest BCUT2D eigenvalue weighted by molar-refractivity contribution is -0.130. The number of sulfonamides is 1. The van der Waals surface area contributed by atoms with Crippen molar-refractivity contribution < 1.29 is 27.4 Å². The monoisotopic (exact) mass is 554 g/mol. The summed E-state index contributed by atoms with van der Waals surface area (Å²) in [5.74, 6) is -0.508. The first kappa shape index (κ1) is 27.9. The summed E-state index contributed by atoms with van der Waals surface area (Å²) in [4.78, 5) is 15.6. The van der Waals surface area contributed by atoms with Gasteiger partial charge in [-0.05, 0) is 44.1 Å². The molecule has 4 rings (SSSR count). The number of hydrogen-bond acceptors (Lipinski definition) is 7. The molecule has 2 atom stereocenters. The molecule has 3 N–H and O–H groups in total. The van der Waals surface area contributed by atoms with Gasteiger partial charge >= 0.3 is 7.52 Å². The Balaban J connectivity index is 1.77. The molecule has 2 aliphatic heterocycles. The molecule has 1 saturated carbocycles. The summed E-state index contributed by atoms with van der Waals surface area (Å²) in [5.41, 5.74) is 0.248. The Hall–Kier alpha value is -2.10. The van der Waals surface area contributed by atoms with Crippen LogP contribution in [0.2, 0.25) is 0 Å². The highest BCUT2D eigenvalue weighted by atomic mass is 32.2. The van der Waals surface area contributed by atoms with Crippen LogP contribution in [0.3, 0.4) is 0 Å². The van der Waals surface area contributed by atoms with Gasteiger partial charge in [0.2, 0.25) is 10.0 Å². The van der Waals surface area contributed by atoms with Gasteiger partial charge in [-0.15, -0.1) is 0 Å². The molecule has 0 bridgehead atoms. The zero-order valence-electron chi connectivity index (χ0n) is 22.5. The van der Waals surface area contributed by atoms with Crippen molar-refractivity contribution in [2.75, 3.05) is 19.4 Å². The molecule has 2 aliphatic carbocycles. The normalized spacial score (nSPS) is 27.9. The van der Waals surface area contributed by atoms with Gasteiger partial charge in [0.1, 0.15) is 16.9 Å². The van der Waals surface area contributed by atoms with Gasteiger partial charge in [-0.3, -0.25) is 14.1 Å². The van der Waals surface area contributed by atoms with E-state index in [4.69, 9.17) is 4.52 Å². The topological polar surface area (TPSA) is 137 Å². The number of carbonyl (C=O) groups is 1. The van der Waals surface area contributed by atoms with Crippen LogP contribution in [0, 0.1) is 11.3 Å². The van der Waals surface area contributed by atoms with Crippen LogP contribution in [-0.4, -0.2) is 55.1 Å². The number of allylic oxidation sites excluding steroid dienone is 4. The van der Waals surface area contributed by atoms with Crippen LogP contribution in [0.25, 0.3) is 0 Å². The third kappa shape index (κ3) is 5.27. The molecule has 4 aliphatic rings. The van der Waals surface area contributed by atoms with E-state index in [1.807, 2.05) is 6.92 Å². The second kappa shape index (κ2) is 9.58. The van der Waals surface area contributed by atoms with Gasteiger partial charge in [0.05, 0.1) is 18.2 Å². The van der Waals surface area contributed by atoms with Crippen LogP contribution in [0.4, 0.5) is 0 Å². The third-order valence-electron chi connectivity index (χ3n) is 7.46. The fraction of sp³-hybridized carbons (Fsp3) is 0.680. The van der Waals surface area contributed by atoms with Gasteiger partial charge in [-0.1, -0.05) is 40.5 Å². The molecule has 0 radical (unpaired) electrons. The Bertz CT molecular complexity index is 1270. The standard InChI is InChI=1S/C25H39N4O6PS/c1-7-35-36(32)19-15-17(28-37(6,33)34)16(2)14-18(19)26-22(27-36)20-21(30)25(10-8-9-11-25)29(23(20)31)13-12-24(3,4)5/h15-16,28,30H,7-14H2,1-6H3,(H,26,27,32). The largest absolute Gasteiger partial charge is 0.509 e. The minimum Gasteiger partial charge on any atom is -0.509 e.